The highest BCUT2D eigenvalue weighted by Crippen LogP contribution is 2.24. The Morgan fingerprint density at radius 1 is 1.30 bits per heavy atom. The van der Waals surface area contributed by atoms with Gasteiger partial charge in [-0.25, -0.2) is 4.39 Å². The van der Waals surface area contributed by atoms with Crippen molar-refractivity contribution in [1.29, 1.82) is 0 Å². The topological polar surface area (TPSA) is 56.2 Å². The van der Waals surface area contributed by atoms with E-state index in [0.717, 1.165) is 23.7 Å². The van der Waals surface area contributed by atoms with Crippen molar-refractivity contribution < 1.29 is 4.39 Å². The number of fused-ring (bicyclic) bond motifs is 1. The van der Waals surface area contributed by atoms with Gasteiger partial charge in [-0.1, -0.05) is 12.1 Å². The van der Waals surface area contributed by atoms with Crippen molar-refractivity contribution in [2.24, 2.45) is 10.7 Å². The number of hydrogen-bond acceptors (Lipinski definition) is 2. The number of pyridine rings is 1. The van der Waals surface area contributed by atoms with Crippen molar-refractivity contribution in [3.63, 3.8) is 0 Å². The molecule has 0 saturated heterocycles. The summed E-state index contributed by atoms with van der Waals surface area (Å²) in [5.74, 6) is 0.163. The summed E-state index contributed by atoms with van der Waals surface area (Å²) in [5, 5.41) is 1.10. The van der Waals surface area contributed by atoms with Gasteiger partial charge in [0, 0.05) is 28.9 Å². The molecule has 1 aliphatic carbocycles. The van der Waals surface area contributed by atoms with Crippen LogP contribution < -0.4 is 5.73 Å². The number of nitrogens with zero attached hydrogens (tertiary/aromatic N) is 3. The van der Waals surface area contributed by atoms with E-state index in [1.54, 1.807) is 18.5 Å². The van der Waals surface area contributed by atoms with E-state index in [4.69, 9.17) is 5.73 Å². The Balaban J connectivity index is 1.62. The van der Waals surface area contributed by atoms with Crippen LogP contribution in [0.4, 0.5) is 4.39 Å². The van der Waals surface area contributed by atoms with Crippen LogP contribution in [0.3, 0.4) is 0 Å². The lowest BCUT2D eigenvalue weighted by molar-refractivity contribution is 0.601. The fraction of sp³-hybridized carbons (Fsp3) is 0.222. The van der Waals surface area contributed by atoms with Crippen LogP contribution in [-0.2, 0) is 6.54 Å². The number of aliphatic imine (C=N–C) groups is 1. The SMILES string of the molecule is NC(=NC1CC1)c1ccc(Cn2ccc3ccncc32)c(F)c1. The van der Waals surface area contributed by atoms with Crippen LogP contribution in [-0.4, -0.2) is 21.4 Å². The van der Waals surface area contributed by atoms with Crippen LogP contribution in [0.2, 0.25) is 0 Å². The summed E-state index contributed by atoms with van der Waals surface area (Å²) in [4.78, 5) is 8.49. The average molecular weight is 308 g/mol. The number of amidine groups is 1. The molecule has 3 aromatic rings. The molecule has 2 heterocycles. The van der Waals surface area contributed by atoms with Gasteiger partial charge in [0.1, 0.15) is 11.7 Å². The summed E-state index contributed by atoms with van der Waals surface area (Å²) in [6.45, 7) is 0.459. The molecule has 23 heavy (non-hydrogen) atoms. The van der Waals surface area contributed by atoms with E-state index in [-0.39, 0.29) is 5.82 Å². The molecular weight excluding hydrogens is 291 g/mol. The molecule has 116 valence electrons. The van der Waals surface area contributed by atoms with E-state index >= 15 is 0 Å². The molecule has 5 heteroatoms. The van der Waals surface area contributed by atoms with Crippen LogP contribution in [0.5, 0.6) is 0 Å². The first-order chi connectivity index (χ1) is 11.2. The smallest absolute Gasteiger partial charge is 0.128 e. The fourth-order valence-corrected chi connectivity index (χ4v) is 2.66. The lowest BCUT2D eigenvalue weighted by atomic mass is 10.1. The summed E-state index contributed by atoms with van der Waals surface area (Å²) in [7, 11) is 0. The van der Waals surface area contributed by atoms with Gasteiger partial charge < -0.3 is 10.3 Å². The summed E-state index contributed by atoms with van der Waals surface area (Å²) in [6, 6.07) is 9.37. The summed E-state index contributed by atoms with van der Waals surface area (Å²) >= 11 is 0. The lowest BCUT2D eigenvalue weighted by Gasteiger charge is -2.08. The second-order valence-corrected chi connectivity index (χ2v) is 5.93. The van der Waals surface area contributed by atoms with E-state index in [1.165, 1.54) is 6.07 Å². The van der Waals surface area contributed by atoms with Crippen molar-refractivity contribution in [1.82, 2.24) is 9.55 Å². The normalized spacial score (nSPS) is 15.3. The van der Waals surface area contributed by atoms with Gasteiger partial charge in [0.15, 0.2) is 0 Å². The van der Waals surface area contributed by atoms with Gasteiger partial charge in [-0.3, -0.25) is 9.98 Å². The minimum atomic E-state index is -0.262. The first-order valence-corrected chi connectivity index (χ1v) is 7.71. The molecule has 0 atom stereocenters. The van der Waals surface area contributed by atoms with E-state index < -0.39 is 0 Å². The molecule has 4 rings (SSSR count). The first-order valence-electron chi connectivity index (χ1n) is 7.71. The monoisotopic (exact) mass is 308 g/mol. The molecule has 0 bridgehead atoms. The Bertz CT molecular complexity index is 893. The van der Waals surface area contributed by atoms with Gasteiger partial charge in [0.25, 0.3) is 0 Å². The number of nitrogens with two attached hydrogens (primary N) is 1. The highest BCUT2D eigenvalue weighted by atomic mass is 19.1. The summed E-state index contributed by atoms with van der Waals surface area (Å²) < 4.78 is 16.4. The quantitative estimate of drug-likeness (QED) is 0.595. The first kappa shape index (κ1) is 13.9. The van der Waals surface area contributed by atoms with Crippen LogP contribution >= 0.6 is 0 Å². The maximum absolute atomic E-state index is 14.4. The Morgan fingerprint density at radius 3 is 2.96 bits per heavy atom. The molecule has 0 spiro atoms. The minimum absolute atomic E-state index is 0.262. The maximum Gasteiger partial charge on any atom is 0.128 e. The van der Waals surface area contributed by atoms with Crippen molar-refractivity contribution in [2.75, 3.05) is 0 Å². The van der Waals surface area contributed by atoms with E-state index in [2.05, 4.69) is 9.98 Å². The zero-order chi connectivity index (χ0) is 15.8. The van der Waals surface area contributed by atoms with E-state index in [9.17, 15) is 4.39 Å². The molecule has 1 saturated carbocycles. The third kappa shape index (κ3) is 2.82. The molecule has 1 aromatic carbocycles. The third-order valence-electron chi connectivity index (χ3n) is 4.13. The summed E-state index contributed by atoms with van der Waals surface area (Å²) in [6.07, 6.45) is 7.65. The van der Waals surface area contributed by atoms with E-state index in [0.29, 0.717) is 29.5 Å². The van der Waals surface area contributed by atoms with Crippen molar-refractivity contribution in [3.8, 4) is 0 Å². The van der Waals surface area contributed by atoms with Gasteiger partial charge in [-0.2, -0.15) is 0 Å². The largest absolute Gasteiger partial charge is 0.383 e. The minimum Gasteiger partial charge on any atom is -0.383 e. The van der Waals surface area contributed by atoms with Gasteiger partial charge in [0.2, 0.25) is 0 Å². The second-order valence-electron chi connectivity index (χ2n) is 5.93. The molecule has 2 aromatic heterocycles. The van der Waals surface area contributed by atoms with Gasteiger partial charge in [0.05, 0.1) is 24.3 Å². The molecular formula is C18H17FN4. The van der Waals surface area contributed by atoms with Crippen LogP contribution in [0.15, 0.2) is 53.9 Å². The predicted molar refractivity (Wildman–Crippen MR) is 89.0 cm³/mol. The number of hydrogen-bond donors (Lipinski definition) is 1. The number of benzene rings is 1. The maximum atomic E-state index is 14.4. The molecule has 2 N–H and O–H groups in total. The Kier molecular flexibility index (Phi) is 3.33. The molecule has 1 aliphatic rings. The molecule has 0 aliphatic heterocycles. The highest BCUT2D eigenvalue weighted by molar-refractivity contribution is 5.97. The molecule has 0 amide bonds. The third-order valence-corrected chi connectivity index (χ3v) is 4.13. The lowest BCUT2D eigenvalue weighted by Crippen LogP contribution is -2.15. The van der Waals surface area contributed by atoms with Crippen LogP contribution in [0, 0.1) is 5.82 Å². The highest BCUT2D eigenvalue weighted by Gasteiger charge is 2.21. The summed E-state index contributed by atoms with van der Waals surface area (Å²) in [5.41, 5.74) is 8.20. The van der Waals surface area contributed by atoms with Crippen LogP contribution in [0.1, 0.15) is 24.0 Å². The molecule has 1 fully saturated rings. The van der Waals surface area contributed by atoms with Crippen molar-refractivity contribution in [2.45, 2.75) is 25.4 Å². The number of aromatic nitrogens is 2. The Labute approximate surface area is 133 Å². The molecule has 0 unspecified atom stereocenters. The fourth-order valence-electron chi connectivity index (χ4n) is 2.66. The van der Waals surface area contributed by atoms with Gasteiger partial charge >= 0.3 is 0 Å². The predicted octanol–water partition coefficient (Wildman–Crippen LogP) is 3.09. The zero-order valence-electron chi connectivity index (χ0n) is 12.6. The Morgan fingerprint density at radius 2 is 2.17 bits per heavy atom. The second kappa shape index (κ2) is 5.50. The molecule has 0 radical (unpaired) electrons. The van der Waals surface area contributed by atoms with Crippen molar-refractivity contribution >= 4 is 16.7 Å². The van der Waals surface area contributed by atoms with Crippen molar-refractivity contribution in [3.05, 3.63) is 65.9 Å². The van der Waals surface area contributed by atoms with Gasteiger partial charge in [-0.05, 0) is 31.0 Å². The van der Waals surface area contributed by atoms with Crippen LogP contribution in [0.25, 0.3) is 10.9 Å². The number of halogens is 1. The van der Waals surface area contributed by atoms with E-state index in [1.807, 2.05) is 29.0 Å². The van der Waals surface area contributed by atoms with Gasteiger partial charge in [-0.15, -0.1) is 0 Å². The number of rotatable bonds is 4. The Hall–Kier alpha value is -2.69. The average Bonchev–Trinajstić information content (AvgIpc) is 3.28. The zero-order valence-corrected chi connectivity index (χ0v) is 12.6. The standard InChI is InChI=1S/C18H17FN4/c19-16-9-13(18(20)22-15-3-4-15)1-2-14(16)11-23-8-6-12-5-7-21-10-17(12)23/h1-2,5-10,15H,3-4,11H2,(H2,20,22). The molecule has 4 nitrogen and oxygen atoms in total.